The topological polar surface area (TPSA) is 6.48 Å². The van der Waals surface area contributed by atoms with E-state index in [-0.39, 0.29) is 0 Å². The van der Waals surface area contributed by atoms with Crippen molar-refractivity contribution in [2.45, 2.75) is 370 Å². The van der Waals surface area contributed by atoms with Crippen LogP contribution >= 0.6 is 0 Å². The summed E-state index contributed by atoms with van der Waals surface area (Å²) in [5.74, 6) is 22.1. The van der Waals surface area contributed by atoms with Crippen molar-refractivity contribution < 1.29 is 0 Å². The van der Waals surface area contributed by atoms with Crippen LogP contribution in [0.2, 0.25) is 0 Å². The Morgan fingerprint density at radius 2 is 0.325 bits per heavy atom. The maximum absolute atomic E-state index is 3.29. The van der Waals surface area contributed by atoms with Crippen LogP contribution in [0.1, 0.15) is 334 Å². The van der Waals surface area contributed by atoms with Gasteiger partial charge in [-0.2, -0.15) is 0 Å². The molecule has 15 fully saturated rings. The molecule has 16 atom stereocenters. The minimum Gasteiger partial charge on any atom is -0.294 e. The summed E-state index contributed by atoms with van der Waals surface area (Å²) in [7, 11) is 0. The van der Waals surface area contributed by atoms with Gasteiger partial charge < -0.3 is 0 Å². The monoisotopic (exact) mass is 1100 g/mol. The second-order valence-corrected chi connectivity index (χ2v) is 34.6. The Balaban J connectivity index is 0.595. The van der Waals surface area contributed by atoms with E-state index in [4.69, 9.17) is 0 Å². The fourth-order valence-electron chi connectivity index (χ4n) is 28.8. The van der Waals surface area contributed by atoms with Crippen molar-refractivity contribution in [3.05, 3.63) is 0 Å². The van der Waals surface area contributed by atoms with E-state index in [9.17, 15) is 0 Å². The van der Waals surface area contributed by atoms with Crippen molar-refractivity contribution in [2.75, 3.05) is 0 Å². The highest BCUT2D eigenvalue weighted by Crippen LogP contribution is 2.66. The molecule has 16 unspecified atom stereocenters. The molecule has 0 aliphatic heterocycles. The van der Waals surface area contributed by atoms with Crippen LogP contribution in [0.4, 0.5) is 0 Å². The summed E-state index contributed by atoms with van der Waals surface area (Å²) in [6.07, 6.45) is 82.4. The van der Waals surface area contributed by atoms with Crippen molar-refractivity contribution in [1.29, 1.82) is 0 Å². The predicted octanol–water partition coefficient (Wildman–Crippen LogP) is 21.6. The van der Waals surface area contributed by atoms with Gasteiger partial charge in [-0.3, -0.25) is 9.80 Å². The fourth-order valence-corrected chi connectivity index (χ4v) is 28.8. The standard InChI is InChI=1S/C78H130N2/c1-5-20-57(21-6-1)79(58-22-7-2-8-23-58)61-44-40-53(41-45-61)63-34-19-35-70-71(63)48-49-72-64-28-13-14-29-65(64)73(50-76(70)72)54-36-38-55(39-37-54)74-51-77-69-33-18-16-31-67(69)75(52-78(77)68-32-17-15-30-66(68)74)56-42-46-62(47-43-56)80(59-24-9-3-10-25-59)60-26-11-4-12-27-60/h53-78H,1-52H2. The molecule has 2 heteroatoms. The molecule has 15 rings (SSSR count). The van der Waals surface area contributed by atoms with Gasteiger partial charge in [-0.1, -0.05) is 122 Å². The van der Waals surface area contributed by atoms with E-state index in [0.717, 1.165) is 155 Å². The zero-order valence-electron chi connectivity index (χ0n) is 52.7. The molecule has 0 saturated heterocycles. The van der Waals surface area contributed by atoms with Crippen LogP contribution in [-0.2, 0) is 0 Å². The van der Waals surface area contributed by atoms with E-state index < -0.39 is 0 Å². The minimum atomic E-state index is 0.931. The lowest BCUT2D eigenvalue weighted by Gasteiger charge is -2.62. The number of rotatable bonds is 10. The molecule has 452 valence electrons. The zero-order valence-corrected chi connectivity index (χ0v) is 52.7. The average molecular weight is 1100 g/mol. The van der Waals surface area contributed by atoms with Gasteiger partial charge in [0, 0.05) is 36.3 Å². The normalized spacial score (nSPS) is 48.7. The SMILES string of the molecule is C1CCC(N(C2CCCCC2)C2CCC(C3CCCC4C3CCC3C5CCCCC5C(C5CCC(C6CC7C8CCCCC8C(C8CCC(N(C9CCCCC9)C9CCCCC9)CC8)CC7C7CCCCC67)CC5)CC43)CC2)CC1. The van der Waals surface area contributed by atoms with Crippen LogP contribution in [-0.4, -0.2) is 46.1 Å². The first-order valence-electron chi connectivity index (χ1n) is 39.2. The highest BCUT2D eigenvalue weighted by Gasteiger charge is 2.58. The molecule has 0 heterocycles. The van der Waals surface area contributed by atoms with Gasteiger partial charge in [0.2, 0.25) is 0 Å². The average Bonchev–Trinajstić information content (AvgIpc) is 3.60. The van der Waals surface area contributed by atoms with Crippen LogP contribution in [0.15, 0.2) is 0 Å². The number of fused-ring (bicyclic) bond motifs is 10. The van der Waals surface area contributed by atoms with E-state index in [2.05, 4.69) is 9.80 Å². The van der Waals surface area contributed by atoms with E-state index >= 15 is 0 Å². The van der Waals surface area contributed by atoms with Gasteiger partial charge in [-0.25, -0.2) is 0 Å². The van der Waals surface area contributed by atoms with Gasteiger partial charge in [0.05, 0.1) is 0 Å². The molecule has 0 bridgehead atoms. The van der Waals surface area contributed by atoms with Crippen molar-refractivity contribution in [1.82, 2.24) is 9.80 Å². The smallest absolute Gasteiger partial charge is 0.0101 e. The Morgan fingerprint density at radius 3 is 0.662 bits per heavy atom. The maximum atomic E-state index is 3.29. The molecule has 15 saturated carbocycles. The van der Waals surface area contributed by atoms with Gasteiger partial charge in [0.15, 0.2) is 0 Å². The van der Waals surface area contributed by atoms with Gasteiger partial charge in [0.1, 0.15) is 0 Å². The number of nitrogens with zero attached hydrogens (tertiary/aromatic N) is 2. The first-order valence-corrected chi connectivity index (χ1v) is 39.2. The predicted molar refractivity (Wildman–Crippen MR) is 336 cm³/mol. The van der Waals surface area contributed by atoms with Crippen LogP contribution in [0.25, 0.3) is 0 Å². The Hall–Kier alpha value is -0.0800. The quantitative estimate of drug-likeness (QED) is 0.215. The largest absolute Gasteiger partial charge is 0.294 e. The molecule has 15 aliphatic carbocycles. The third kappa shape index (κ3) is 11.3. The van der Waals surface area contributed by atoms with Crippen LogP contribution in [0.3, 0.4) is 0 Å². The van der Waals surface area contributed by atoms with Crippen molar-refractivity contribution in [2.24, 2.45) is 118 Å². The van der Waals surface area contributed by atoms with E-state index in [1.807, 2.05) is 0 Å². The summed E-state index contributed by atoms with van der Waals surface area (Å²) in [6, 6.07) is 5.61. The molecule has 0 amide bonds. The third-order valence-electron chi connectivity index (χ3n) is 31.8. The molecule has 0 radical (unpaired) electrons. The van der Waals surface area contributed by atoms with E-state index in [1.165, 1.54) is 128 Å². The second-order valence-electron chi connectivity index (χ2n) is 34.6. The zero-order chi connectivity index (χ0) is 52.9. The van der Waals surface area contributed by atoms with E-state index in [0.29, 0.717) is 0 Å². The van der Waals surface area contributed by atoms with Gasteiger partial charge >= 0.3 is 0 Å². The van der Waals surface area contributed by atoms with E-state index in [1.54, 1.807) is 205 Å². The maximum Gasteiger partial charge on any atom is 0.0101 e. The van der Waals surface area contributed by atoms with Crippen molar-refractivity contribution >= 4 is 0 Å². The Bertz CT molecular complexity index is 1840. The second kappa shape index (κ2) is 25.9. The molecule has 2 nitrogen and oxygen atoms in total. The Labute approximate surface area is 495 Å². The summed E-state index contributed by atoms with van der Waals surface area (Å²) >= 11 is 0. The lowest BCUT2D eigenvalue weighted by atomic mass is 9.44. The molecule has 0 spiro atoms. The minimum absolute atomic E-state index is 0.931. The Kier molecular flexibility index (Phi) is 18.3. The first kappa shape index (κ1) is 56.4. The molecule has 15 aliphatic rings. The van der Waals surface area contributed by atoms with Crippen LogP contribution < -0.4 is 0 Å². The lowest BCUT2D eigenvalue weighted by Crippen LogP contribution is -2.55. The summed E-state index contributed by atoms with van der Waals surface area (Å²) in [5, 5.41) is 0. The molecule has 80 heavy (non-hydrogen) atoms. The number of hydrogen-bond donors (Lipinski definition) is 0. The third-order valence-corrected chi connectivity index (χ3v) is 31.8. The number of hydrogen-bond acceptors (Lipinski definition) is 2. The fraction of sp³-hybridized carbons (Fsp3) is 1.00. The van der Waals surface area contributed by atoms with Gasteiger partial charge in [-0.15, -0.1) is 0 Å². The molecular weight excluding hydrogens is 965 g/mol. The van der Waals surface area contributed by atoms with Crippen LogP contribution in [0, 0.1) is 118 Å². The van der Waals surface area contributed by atoms with Crippen molar-refractivity contribution in [3.8, 4) is 0 Å². The molecule has 0 aromatic rings. The highest BCUT2D eigenvalue weighted by atomic mass is 15.2. The molecule has 0 aromatic heterocycles. The Morgan fingerprint density at radius 1 is 0.125 bits per heavy atom. The highest BCUT2D eigenvalue weighted by molar-refractivity contribution is 5.08. The summed E-state index contributed by atoms with van der Waals surface area (Å²) in [4.78, 5) is 6.56. The first-order chi connectivity index (χ1) is 39.7. The lowest BCUT2D eigenvalue weighted by molar-refractivity contribution is -0.124. The summed E-state index contributed by atoms with van der Waals surface area (Å²) < 4.78 is 0. The molecule has 0 aromatic carbocycles. The summed E-state index contributed by atoms with van der Waals surface area (Å²) in [6.45, 7) is 0. The molecule has 0 N–H and O–H groups in total. The molecular formula is C78H130N2. The van der Waals surface area contributed by atoms with Gasteiger partial charge in [-0.05, 0) is 330 Å². The van der Waals surface area contributed by atoms with Crippen molar-refractivity contribution in [3.63, 3.8) is 0 Å². The van der Waals surface area contributed by atoms with Crippen LogP contribution in [0.5, 0.6) is 0 Å². The summed E-state index contributed by atoms with van der Waals surface area (Å²) in [5.41, 5.74) is 0. The van der Waals surface area contributed by atoms with Gasteiger partial charge in [0.25, 0.3) is 0 Å².